The van der Waals surface area contributed by atoms with Crippen LogP contribution < -0.4 is 5.73 Å². The van der Waals surface area contributed by atoms with Crippen molar-refractivity contribution in [3.8, 4) is 0 Å². The predicted molar refractivity (Wildman–Crippen MR) is 44.1 cm³/mol. The Morgan fingerprint density at radius 3 is 2.50 bits per heavy atom. The standard InChI is InChI=1S/C8H9FN2O/c1-12-11-8(10)6-2-4-7(9)5-3-6/h2-5H,1H3,(H2,10,11). The largest absolute Gasteiger partial charge is 0.397 e. The number of rotatable bonds is 2. The molecular weight excluding hydrogens is 159 g/mol. The molecule has 0 radical (unpaired) electrons. The Morgan fingerprint density at radius 1 is 1.42 bits per heavy atom. The lowest BCUT2D eigenvalue weighted by Gasteiger charge is -1.98. The number of halogens is 1. The number of hydrogen-bond donors (Lipinski definition) is 1. The Bertz CT molecular complexity index is 282. The zero-order valence-electron chi connectivity index (χ0n) is 6.62. The van der Waals surface area contributed by atoms with Crippen molar-refractivity contribution in [1.29, 1.82) is 0 Å². The number of hydrogen-bond acceptors (Lipinski definition) is 2. The molecule has 0 bridgehead atoms. The first-order valence-corrected chi connectivity index (χ1v) is 3.36. The highest BCUT2D eigenvalue weighted by atomic mass is 19.1. The lowest BCUT2D eigenvalue weighted by Crippen LogP contribution is -2.13. The predicted octanol–water partition coefficient (Wildman–Crippen LogP) is 1.09. The van der Waals surface area contributed by atoms with Crippen LogP contribution in [0.2, 0.25) is 0 Å². The van der Waals surface area contributed by atoms with Gasteiger partial charge >= 0.3 is 0 Å². The average molecular weight is 168 g/mol. The van der Waals surface area contributed by atoms with Gasteiger partial charge in [0.2, 0.25) is 0 Å². The summed E-state index contributed by atoms with van der Waals surface area (Å²) in [5.74, 6) is -0.0681. The SMILES string of the molecule is CON=C(N)c1ccc(F)cc1. The number of nitrogens with two attached hydrogens (primary N) is 1. The summed E-state index contributed by atoms with van der Waals surface area (Å²) in [4.78, 5) is 4.46. The normalized spacial score (nSPS) is 11.3. The Labute approximate surface area is 69.6 Å². The van der Waals surface area contributed by atoms with Gasteiger partial charge in [0.05, 0.1) is 0 Å². The fourth-order valence-electron chi connectivity index (χ4n) is 0.772. The molecule has 2 N–H and O–H groups in total. The highest BCUT2D eigenvalue weighted by Crippen LogP contribution is 2.01. The van der Waals surface area contributed by atoms with Crippen LogP contribution in [0.3, 0.4) is 0 Å². The molecule has 0 aliphatic heterocycles. The summed E-state index contributed by atoms with van der Waals surface area (Å²) in [5, 5.41) is 3.50. The van der Waals surface area contributed by atoms with Crippen molar-refractivity contribution in [2.75, 3.05) is 7.11 Å². The Balaban J connectivity index is 2.89. The van der Waals surface area contributed by atoms with Gasteiger partial charge in [-0.15, -0.1) is 0 Å². The summed E-state index contributed by atoms with van der Waals surface area (Å²) in [6, 6.07) is 5.70. The molecule has 0 aromatic heterocycles. The van der Waals surface area contributed by atoms with Gasteiger partial charge in [-0.1, -0.05) is 5.16 Å². The van der Waals surface area contributed by atoms with Gasteiger partial charge in [0.15, 0.2) is 5.84 Å². The molecule has 0 aliphatic rings. The third-order valence-electron chi connectivity index (χ3n) is 1.33. The zero-order chi connectivity index (χ0) is 8.97. The van der Waals surface area contributed by atoms with Crippen LogP contribution >= 0.6 is 0 Å². The van der Waals surface area contributed by atoms with Crippen LogP contribution in [0.5, 0.6) is 0 Å². The van der Waals surface area contributed by atoms with E-state index in [0.29, 0.717) is 5.56 Å². The minimum Gasteiger partial charge on any atom is -0.397 e. The van der Waals surface area contributed by atoms with Gasteiger partial charge in [0, 0.05) is 5.56 Å². The lowest BCUT2D eigenvalue weighted by molar-refractivity contribution is 0.213. The molecule has 12 heavy (non-hydrogen) atoms. The van der Waals surface area contributed by atoms with E-state index in [-0.39, 0.29) is 11.7 Å². The second-order valence-corrected chi connectivity index (χ2v) is 2.17. The van der Waals surface area contributed by atoms with Gasteiger partial charge < -0.3 is 10.6 Å². The molecule has 1 rings (SSSR count). The number of benzene rings is 1. The highest BCUT2D eigenvalue weighted by molar-refractivity contribution is 5.96. The first-order chi connectivity index (χ1) is 5.74. The maximum absolute atomic E-state index is 12.4. The van der Waals surface area contributed by atoms with Gasteiger partial charge in [-0.05, 0) is 24.3 Å². The van der Waals surface area contributed by atoms with Crippen molar-refractivity contribution in [1.82, 2.24) is 0 Å². The molecule has 1 aromatic rings. The molecule has 1 aromatic carbocycles. The van der Waals surface area contributed by atoms with Crippen LogP contribution in [-0.4, -0.2) is 12.9 Å². The summed E-state index contributed by atoms with van der Waals surface area (Å²) >= 11 is 0. The third kappa shape index (κ3) is 1.95. The number of amidine groups is 1. The van der Waals surface area contributed by atoms with E-state index in [2.05, 4.69) is 9.99 Å². The quantitative estimate of drug-likeness (QED) is 0.408. The van der Waals surface area contributed by atoms with Crippen LogP contribution in [0.1, 0.15) is 5.56 Å². The maximum Gasteiger partial charge on any atom is 0.170 e. The molecule has 64 valence electrons. The van der Waals surface area contributed by atoms with Crippen LogP contribution in [0.15, 0.2) is 29.4 Å². The van der Waals surface area contributed by atoms with Gasteiger partial charge in [-0.25, -0.2) is 4.39 Å². The highest BCUT2D eigenvalue weighted by Gasteiger charge is 1.97. The molecular formula is C8H9FN2O. The summed E-state index contributed by atoms with van der Waals surface area (Å²) in [5.41, 5.74) is 6.10. The van der Waals surface area contributed by atoms with Crippen LogP contribution in [0.4, 0.5) is 4.39 Å². The average Bonchev–Trinajstić information content (AvgIpc) is 2.06. The minimum atomic E-state index is -0.302. The lowest BCUT2D eigenvalue weighted by atomic mass is 10.2. The van der Waals surface area contributed by atoms with Crippen molar-refractivity contribution >= 4 is 5.84 Å². The van der Waals surface area contributed by atoms with E-state index >= 15 is 0 Å². The van der Waals surface area contributed by atoms with E-state index in [1.165, 1.54) is 31.4 Å². The summed E-state index contributed by atoms with van der Waals surface area (Å²) in [6.45, 7) is 0. The van der Waals surface area contributed by atoms with E-state index in [4.69, 9.17) is 5.73 Å². The molecule has 0 spiro atoms. The molecule has 3 nitrogen and oxygen atoms in total. The van der Waals surface area contributed by atoms with E-state index in [1.54, 1.807) is 0 Å². The maximum atomic E-state index is 12.4. The molecule has 0 fully saturated rings. The Hall–Kier alpha value is -1.58. The third-order valence-corrected chi connectivity index (χ3v) is 1.33. The molecule has 0 heterocycles. The molecule has 0 aliphatic carbocycles. The van der Waals surface area contributed by atoms with E-state index < -0.39 is 0 Å². The molecule has 4 heteroatoms. The first kappa shape index (κ1) is 8.52. The van der Waals surface area contributed by atoms with E-state index in [1.807, 2.05) is 0 Å². The van der Waals surface area contributed by atoms with Crippen molar-refractivity contribution in [3.63, 3.8) is 0 Å². The fourth-order valence-corrected chi connectivity index (χ4v) is 0.772. The smallest absolute Gasteiger partial charge is 0.170 e. The van der Waals surface area contributed by atoms with Gasteiger partial charge in [-0.2, -0.15) is 0 Å². The van der Waals surface area contributed by atoms with Crippen LogP contribution in [-0.2, 0) is 4.84 Å². The van der Waals surface area contributed by atoms with E-state index in [9.17, 15) is 4.39 Å². The summed E-state index contributed by atoms with van der Waals surface area (Å²) < 4.78 is 12.4. The van der Waals surface area contributed by atoms with Crippen molar-refractivity contribution in [2.45, 2.75) is 0 Å². The van der Waals surface area contributed by atoms with Crippen LogP contribution in [0, 0.1) is 5.82 Å². The second kappa shape index (κ2) is 3.71. The molecule has 0 atom stereocenters. The van der Waals surface area contributed by atoms with Crippen molar-refractivity contribution < 1.29 is 9.23 Å². The molecule has 0 saturated heterocycles. The van der Waals surface area contributed by atoms with Crippen molar-refractivity contribution in [3.05, 3.63) is 35.6 Å². The second-order valence-electron chi connectivity index (χ2n) is 2.17. The zero-order valence-corrected chi connectivity index (χ0v) is 6.62. The minimum absolute atomic E-state index is 0.234. The van der Waals surface area contributed by atoms with E-state index in [0.717, 1.165) is 0 Å². The Morgan fingerprint density at radius 2 is 2.00 bits per heavy atom. The molecule has 0 amide bonds. The number of oxime groups is 1. The topological polar surface area (TPSA) is 47.6 Å². The van der Waals surface area contributed by atoms with Gasteiger partial charge in [-0.3, -0.25) is 0 Å². The molecule has 0 unspecified atom stereocenters. The van der Waals surface area contributed by atoms with Gasteiger partial charge in [0.1, 0.15) is 12.9 Å². The molecule has 0 saturated carbocycles. The fraction of sp³-hybridized carbons (Fsp3) is 0.125. The van der Waals surface area contributed by atoms with Crippen molar-refractivity contribution in [2.24, 2.45) is 10.9 Å². The first-order valence-electron chi connectivity index (χ1n) is 3.36. The van der Waals surface area contributed by atoms with Crippen LogP contribution in [0.25, 0.3) is 0 Å². The number of nitrogens with zero attached hydrogens (tertiary/aromatic N) is 1. The monoisotopic (exact) mass is 168 g/mol. The summed E-state index contributed by atoms with van der Waals surface area (Å²) in [6.07, 6.45) is 0. The Kier molecular flexibility index (Phi) is 2.63. The van der Waals surface area contributed by atoms with Gasteiger partial charge in [0.25, 0.3) is 0 Å². The summed E-state index contributed by atoms with van der Waals surface area (Å²) in [7, 11) is 1.40.